The SMILES string of the molecule is CN1CCC(N(C)C(=O)c2ccc(NC(=N)/N=c3\[nH]cccc3N3CCC(CC#N)(c4ccccc4)CC3)cc2)CC1. The molecule has 3 aromatic rings. The summed E-state index contributed by atoms with van der Waals surface area (Å²) in [4.78, 5) is 27.3. The highest BCUT2D eigenvalue weighted by molar-refractivity contribution is 5.96. The van der Waals surface area contributed by atoms with Gasteiger partial charge in [0.15, 0.2) is 5.49 Å². The molecule has 0 radical (unpaired) electrons. The molecule has 2 fully saturated rings. The number of nitrogens with zero attached hydrogens (tertiary/aromatic N) is 5. The number of amides is 1. The van der Waals surface area contributed by atoms with Gasteiger partial charge in [0.1, 0.15) is 0 Å². The van der Waals surface area contributed by atoms with Crippen molar-refractivity contribution in [2.24, 2.45) is 4.99 Å². The molecule has 0 unspecified atom stereocenters. The Hall–Kier alpha value is -4.42. The first-order valence-electron chi connectivity index (χ1n) is 14.7. The van der Waals surface area contributed by atoms with Crippen molar-refractivity contribution in [1.82, 2.24) is 14.8 Å². The maximum Gasteiger partial charge on any atom is 0.253 e. The molecule has 42 heavy (non-hydrogen) atoms. The number of nitrogens with one attached hydrogen (secondary N) is 3. The number of H-pyrrole nitrogens is 1. The Balaban J connectivity index is 1.24. The number of benzene rings is 2. The van der Waals surface area contributed by atoms with Crippen molar-refractivity contribution in [2.45, 2.75) is 43.6 Å². The lowest BCUT2D eigenvalue weighted by atomic mass is 9.71. The predicted molar refractivity (Wildman–Crippen MR) is 167 cm³/mol. The van der Waals surface area contributed by atoms with Crippen molar-refractivity contribution in [1.29, 1.82) is 10.7 Å². The van der Waals surface area contributed by atoms with Gasteiger partial charge in [-0.15, -0.1) is 0 Å². The molecular formula is C33H40N8O. The van der Waals surface area contributed by atoms with E-state index in [1.165, 1.54) is 5.56 Å². The average Bonchev–Trinajstić information content (AvgIpc) is 3.02. The number of likely N-dealkylation sites (tertiary alicyclic amines) is 1. The maximum absolute atomic E-state index is 13.1. The average molecular weight is 565 g/mol. The molecule has 2 aromatic carbocycles. The van der Waals surface area contributed by atoms with E-state index < -0.39 is 0 Å². The van der Waals surface area contributed by atoms with E-state index in [0.717, 1.165) is 57.5 Å². The van der Waals surface area contributed by atoms with Gasteiger partial charge in [0.25, 0.3) is 5.91 Å². The van der Waals surface area contributed by atoms with Crippen molar-refractivity contribution < 1.29 is 4.79 Å². The van der Waals surface area contributed by atoms with Crippen LogP contribution in [-0.4, -0.2) is 73.0 Å². The standard InChI is InChI=1S/C33H40N8O/c1-39-21-14-28(15-22-39)40(2)31(42)25-10-12-27(13-11-25)37-32(35)38-30-29(9-6-20-36-30)41-23-17-33(16-19-34,18-24-41)26-7-4-3-5-8-26/h3-13,20,28H,14-18,21-24H2,1-2H3,(H3,35,36,37,38). The summed E-state index contributed by atoms with van der Waals surface area (Å²) in [5.41, 5.74) is 3.95. The van der Waals surface area contributed by atoms with Gasteiger partial charge in [-0.3, -0.25) is 10.2 Å². The molecule has 9 nitrogen and oxygen atoms in total. The van der Waals surface area contributed by atoms with E-state index in [0.29, 0.717) is 23.2 Å². The fourth-order valence-corrected chi connectivity index (χ4v) is 6.17. The van der Waals surface area contributed by atoms with Gasteiger partial charge < -0.3 is 25.0 Å². The molecule has 2 saturated heterocycles. The van der Waals surface area contributed by atoms with E-state index in [9.17, 15) is 10.1 Å². The summed E-state index contributed by atoms with van der Waals surface area (Å²) in [5.74, 6) is 0.0216. The zero-order valence-corrected chi connectivity index (χ0v) is 24.5. The second-order valence-corrected chi connectivity index (χ2v) is 11.5. The number of carbonyl (C=O) groups is 1. The number of anilines is 2. The molecule has 218 valence electrons. The van der Waals surface area contributed by atoms with Crippen LogP contribution < -0.4 is 15.7 Å². The highest BCUT2D eigenvalue weighted by Crippen LogP contribution is 2.39. The van der Waals surface area contributed by atoms with Crippen LogP contribution in [0.3, 0.4) is 0 Å². The van der Waals surface area contributed by atoms with Crippen LogP contribution in [0.5, 0.6) is 0 Å². The van der Waals surface area contributed by atoms with Gasteiger partial charge in [0.2, 0.25) is 5.96 Å². The first-order chi connectivity index (χ1) is 20.4. The largest absolute Gasteiger partial charge is 0.368 e. The molecule has 2 aliphatic heterocycles. The summed E-state index contributed by atoms with van der Waals surface area (Å²) in [6, 6.07) is 24.2. The Kier molecular flexibility index (Phi) is 9.03. The van der Waals surface area contributed by atoms with Gasteiger partial charge in [-0.2, -0.15) is 10.3 Å². The minimum atomic E-state index is -0.147. The van der Waals surface area contributed by atoms with E-state index in [2.05, 4.69) is 50.3 Å². The highest BCUT2D eigenvalue weighted by Gasteiger charge is 2.36. The molecule has 0 aliphatic carbocycles. The number of rotatable bonds is 6. The lowest BCUT2D eigenvalue weighted by Crippen LogP contribution is -2.44. The Labute approximate surface area is 248 Å². The van der Waals surface area contributed by atoms with Gasteiger partial charge in [-0.1, -0.05) is 30.3 Å². The summed E-state index contributed by atoms with van der Waals surface area (Å²) in [5, 5.41) is 21.2. The zero-order valence-electron chi connectivity index (χ0n) is 24.5. The van der Waals surface area contributed by atoms with Gasteiger partial charge >= 0.3 is 0 Å². The number of carbonyl (C=O) groups excluding carboxylic acids is 1. The van der Waals surface area contributed by atoms with Crippen molar-refractivity contribution in [2.75, 3.05) is 50.5 Å². The zero-order chi connectivity index (χ0) is 29.5. The Morgan fingerprint density at radius 3 is 2.43 bits per heavy atom. The number of aromatic amines is 1. The smallest absolute Gasteiger partial charge is 0.253 e. The molecule has 2 aliphatic rings. The van der Waals surface area contributed by atoms with Crippen LogP contribution in [0.4, 0.5) is 11.4 Å². The fourth-order valence-electron chi connectivity index (χ4n) is 6.17. The monoisotopic (exact) mass is 564 g/mol. The second kappa shape index (κ2) is 13.0. The maximum atomic E-state index is 13.1. The molecule has 0 bridgehead atoms. The van der Waals surface area contributed by atoms with Gasteiger partial charge in [-0.05, 0) is 87.8 Å². The van der Waals surface area contributed by atoms with Crippen molar-refractivity contribution in [3.63, 3.8) is 0 Å². The number of piperidine rings is 2. The quantitative estimate of drug-likeness (QED) is 0.300. The number of guanidine groups is 1. The van der Waals surface area contributed by atoms with E-state index >= 15 is 0 Å². The molecule has 0 spiro atoms. The highest BCUT2D eigenvalue weighted by atomic mass is 16.2. The summed E-state index contributed by atoms with van der Waals surface area (Å²) in [6.45, 7) is 3.59. The lowest BCUT2D eigenvalue weighted by molar-refractivity contribution is 0.0659. The number of hydrogen-bond acceptors (Lipinski definition) is 5. The van der Waals surface area contributed by atoms with Crippen LogP contribution in [0.1, 0.15) is 48.0 Å². The van der Waals surface area contributed by atoms with Gasteiger partial charge in [0.05, 0.1) is 11.8 Å². The molecule has 5 rings (SSSR count). The molecule has 3 N–H and O–H groups in total. The Morgan fingerprint density at radius 1 is 1.07 bits per heavy atom. The Bertz CT molecular complexity index is 1470. The summed E-state index contributed by atoms with van der Waals surface area (Å²) in [6.07, 6.45) is 6.02. The van der Waals surface area contributed by atoms with Crippen molar-refractivity contribution >= 4 is 23.2 Å². The van der Waals surface area contributed by atoms with Crippen LogP contribution in [0.25, 0.3) is 0 Å². The molecule has 0 atom stereocenters. The molecule has 9 heteroatoms. The van der Waals surface area contributed by atoms with Gasteiger partial charge in [0, 0.05) is 55.5 Å². The lowest BCUT2D eigenvalue weighted by Gasteiger charge is -2.42. The van der Waals surface area contributed by atoms with E-state index in [1.54, 1.807) is 12.1 Å². The van der Waals surface area contributed by atoms with Crippen molar-refractivity contribution in [3.8, 4) is 6.07 Å². The molecule has 1 amide bonds. The number of nitriles is 1. The van der Waals surface area contributed by atoms with Crippen LogP contribution >= 0.6 is 0 Å². The summed E-state index contributed by atoms with van der Waals surface area (Å²) < 4.78 is 0. The summed E-state index contributed by atoms with van der Waals surface area (Å²) in [7, 11) is 4.01. The third kappa shape index (κ3) is 6.55. The predicted octanol–water partition coefficient (Wildman–Crippen LogP) is 4.58. The van der Waals surface area contributed by atoms with Crippen LogP contribution in [0.2, 0.25) is 0 Å². The third-order valence-corrected chi connectivity index (χ3v) is 8.85. The topological polar surface area (TPSA) is 115 Å². The number of hydrogen-bond donors (Lipinski definition) is 3. The van der Waals surface area contributed by atoms with Crippen LogP contribution in [-0.2, 0) is 5.41 Å². The van der Waals surface area contributed by atoms with Gasteiger partial charge in [-0.25, -0.2) is 0 Å². The van der Waals surface area contributed by atoms with E-state index in [4.69, 9.17) is 5.41 Å². The summed E-state index contributed by atoms with van der Waals surface area (Å²) >= 11 is 0. The van der Waals surface area contributed by atoms with E-state index in [1.807, 2.05) is 60.6 Å². The molecule has 3 heterocycles. The van der Waals surface area contributed by atoms with E-state index in [-0.39, 0.29) is 23.3 Å². The first kappa shape index (κ1) is 29.1. The normalized spacial score (nSPS) is 17.8. The van der Waals surface area contributed by atoms with Crippen molar-refractivity contribution in [3.05, 3.63) is 89.5 Å². The first-order valence-corrected chi connectivity index (χ1v) is 14.7. The van der Waals surface area contributed by atoms with Crippen LogP contribution in [0, 0.1) is 16.7 Å². The number of aromatic nitrogens is 1. The molecule has 0 saturated carbocycles. The Morgan fingerprint density at radius 2 is 1.76 bits per heavy atom. The minimum absolute atomic E-state index is 0.00124. The number of pyridine rings is 1. The molecular weight excluding hydrogens is 524 g/mol. The third-order valence-electron chi connectivity index (χ3n) is 8.85. The molecule has 1 aromatic heterocycles. The minimum Gasteiger partial charge on any atom is -0.368 e. The fraction of sp³-hybridized carbons (Fsp3) is 0.394. The van der Waals surface area contributed by atoms with Crippen LogP contribution in [0.15, 0.2) is 77.9 Å². The second-order valence-electron chi connectivity index (χ2n) is 11.5.